The molecule has 3 heterocycles. The number of furan rings is 1. The molecule has 3 aromatic heterocycles. The predicted molar refractivity (Wildman–Crippen MR) is 112 cm³/mol. The third kappa shape index (κ3) is 4.77. The van der Waals surface area contributed by atoms with E-state index in [1.165, 1.54) is 29.1 Å². The van der Waals surface area contributed by atoms with Crippen LogP contribution in [0.25, 0.3) is 17.4 Å². The van der Waals surface area contributed by atoms with Gasteiger partial charge in [0.2, 0.25) is 11.9 Å². The van der Waals surface area contributed by atoms with Crippen molar-refractivity contribution in [3.05, 3.63) is 82.2 Å². The van der Waals surface area contributed by atoms with Crippen LogP contribution in [-0.2, 0) is 17.6 Å². The summed E-state index contributed by atoms with van der Waals surface area (Å²) in [5, 5.41) is 7.25. The summed E-state index contributed by atoms with van der Waals surface area (Å²) < 4.78 is 19.9. The molecule has 0 unspecified atom stereocenters. The summed E-state index contributed by atoms with van der Waals surface area (Å²) >= 11 is 0. The minimum Gasteiger partial charge on any atom is -0.463 e. The summed E-state index contributed by atoms with van der Waals surface area (Å²) in [5.74, 6) is 0.305. The largest absolute Gasteiger partial charge is 0.463 e. The first-order valence-corrected chi connectivity index (χ1v) is 9.80. The molecule has 31 heavy (non-hydrogen) atoms. The van der Waals surface area contributed by atoms with Gasteiger partial charge in [0.25, 0.3) is 5.56 Å². The van der Waals surface area contributed by atoms with E-state index in [0.717, 1.165) is 6.42 Å². The van der Waals surface area contributed by atoms with Crippen molar-refractivity contribution >= 4 is 11.7 Å². The Morgan fingerprint density at radius 1 is 1.23 bits per heavy atom. The minimum absolute atomic E-state index is 0.0430. The zero-order valence-corrected chi connectivity index (χ0v) is 16.8. The number of rotatable bonds is 7. The molecule has 158 valence electrons. The molecule has 0 bridgehead atoms. The Hall–Kier alpha value is -4.01. The van der Waals surface area contributed by atoms with E-state index in [2.05, 4.69) is 20.4 Å². The number of amides is 1. The summed E-state index contributed by atoms with van der Waals surface area (Å²) in [5.41, 5.74) is 1.44. The molecule has 0 spiro atoms. The fourth-order valence-corrected chi connectivity index (χ4v) is 3.13. The first-order chi connectivity index (χ1) is 15.0. The number of aromatic nitrogens is 4. The Bertz CT molecular complexity index is 1240. The van der Waals surface area contributed by atoms with Gasteiger partial charge in [-0.05, 0) is 36.2 Å². The second-order valence-corrected chi connectivity index (χ2v) is 6.97. The lowest BCUT2D eigenvalue weighted by Gasteiger charge is -2.09. The molecular formula is C22H20FN5O3. The fourth-order valence-electron chi connectivity index (χ4n) is 3.13. The number of benzene rings is 1. The SMILES string of the molecule is CCCc1cc(=O)[nH]c(-n2nc(-c3ccco3)cc2NC(=O)Cc2ccc(F)cc2)n1. The Kier molecular flexibility index (Phi) is 5.74. The molecule has 0 saturated carbocycles. The molecule has 4 rings (SSSR count). The monoisotopic (exact) mass is 421 g/mol. The molecule has 0 aliphatic carbocycles. The molecule has 9 heteroatoms. The number of nitrogens with one attached hydrogen (secondary N) is 2. The van der Waals surface area contributed by atoms with E-state index in [-0.39, 0.29) is 29.7 Å². The number of hydrogen-bond acceptors (Lipinski definition) is 5. The van der Waals surface area contributed by atoms with Crippen molar-refractivity contribution in [2.45, 2.75) is 26.2 Å². The molecular weight excluding hydrogens is 401 g/mol. The van der Waals surface area contributed by atoms with Crippen LogP contribution in [0, 0.1) is 5.82 Å². The topological polar surface area (TPSA) is 106 Å². The van der Waals surface area contributed by atoms with Crippen LogP contribution in [0.5, 0.6) is 0 Å². The molecule has 0 fully saturated rings. The van der Waals surface area contributed by atoms with Gasteiger partial charge in [-0.25, -0.2) is 9.37 Å². The highest BCUT2D eigenvalue weighted by Crippen LogP contribution is 2.24. The normalized spacial score (nSPS) is 10.9. The van der Waals surface area contributed by atoms with E-state index >= 15 is 0 Å². The van der Waals surface area contributed by atoms with Gasteiger partial charge >= 0.3 is 0 Å². The third-order valence-electron chi connectivity index (χ3n) is 4.52. The summed E-state index contributed by atoms with van der Waals surface area (Å²) in [4.78, 5) is 31.9. The first-order valence-electron chi connectivity index (χ1n) is 9.80. The lowest BCUT2D eigenvalue weighted by Crippen LogP contribution is -2.20. The molecule has 1 aromatic carbocycles. The van der Waals surface area contributed by atoms with Gasteiger partial charge < -0.3 is 9.73 Å². The number of carbonyl (C=O) groups is 1. The Balaban J connectivity index is 1.68. The number of aryl methyl sites for hydroxylation is 1. The van der Waals surface area contributed by atoms with Gasteiger partial charge in [-0.2, -0.15) is 9.78 Å². The fraction of sp³-hybridized carbons (Fsp3) is 0.182. The molecule has 4 aromatic rings. The van der Waals surface area contributed by atoms with Crippen molar-refractivity contribution in [3.63, 3.8) is 0 Å². The molecule has 2 N–H and O–H groups in total. The van der Waals surface area contributed by atoms with Crippen molar-refractivity contribution in [1.82, 2.24) is 19.7 Å². The second-order valence-electron chi connectivity index (χ2n) is 6.97. The summed E-state index contributed by atoms with van der Waals surface area (Å²) in [7, 11) is 0. The van der Waals surface area contributed by atoms with Gasteiger partial charge in [0.15, 0.2) is 5.76 Å². The van der Waals surface area contributed by atoms with Gasteiger partial charge in [-0.1, -0.05) is 25.5 Å². The first kappa shape index (κ1) is 20.3. The number of anilines is 1. The molecule has 1 amide bonds. The Labute approximate surface area is 176 Å². The predicted octanol–water partition coefficient (Wildman–Crippen LogP) is 3.49. The molecule has 8 nitrogen and oxygen atoms in total. The Morgan fingerprint density at radius 2 is 2.03 bits per heavy atom. The highest BCUT2D eigenvalue weighted by molar-refractivity contribution is 5.92. The van der Waals surface area contributed by atoms with Crippen LogP contribution < -0.4 is 10.9 Å². The van der Waals surface area contributed by atoms with E-state index in [1.54, 1.807) is 30.3 Å². The van der Waals surface area contributed by atoms with Crippen LogP contribution in [-0.4, -0.2) is 25.7 Å². The van der Waals surface area contributed by atoms with Crippen molar-refractivity contribution in [1.29, 1.82) is 0 Å². The second kappa shape index (κ2) is 8.78. The lowest BCUT2D eigenvalue weighted by molar-refractivity contribution is -0.115. The van der Waals surface area contributed by atoms with Crippen LogP contribution >= 0.6 is 0 Å². The van der Waals surface area contributed by atoms with Crippen LogP contribution in [0.2, 0.25) is 0 Å². The number of hydrogen-bond donors (Lipinski definition) is 2. The maximum Gasteiger partial charge on any atom is 0.252 e. The van der Waals surface area contributed by atoms with Crippen molar-refractivity contribution in [3.8, 4) is 17.4 Å². The molecule has 0 saturated heterocycles. The van der Waals surface area contributed by atoms with Gasteiger partial charge in [0.1, 0.15) is 17.3 Å². The number of halogens is 1. The van der Waals surface area contributed by atoms with Crippen LogP contribution in [0.15, 0.2) is 64.0 Å². The van der Waals surface area contributed by atoms with E-state index in [1.807, 2.05) is 6.92 Å². The number of carbonyl (C=O) groups excluding carboxylic acids is 1. The smallest absolute Gasteiger partial charge is 0.252 e. The standard InChI is InChI=1S/C22H20FN5O3/c1-2-4-16-12-21(30)26-22(24-16)28-19(13-17(27-28)18-5-3-10-31-18)25-20(29)11-14-6-8-15(23)9-7-14/h3,5-10,12-13H,2,4,11H2,1H3,(H,25,29)(H,24,26,30). The average Bonchev–Trinajstić information content (AvgIpc) is 3.39. The minimum atomic E-state index is -0.368. The molecule has 0 atom stereocenters. The van der Waals surface area contributed by atoms with E-state index in [9.17, 15) is 14.0 Å². The van der Waals surface area contributed by atoms with Crippen molar-refractivity contribution in [2.24, 2.45) is 0 Å². The Morgan fingerprint density at radius 3 is 2.74 bits per heavy atom. The van der Waals surface area contributed by atoms with Gasteiger partial charge in [0.05, 0.1) is 12.7 Å². The average molecular weight is 421 g/mol. The number of nitrogens with zero attached hydrogens (tertiary/aromatic N) is 3. The highest BCUT2D eigenvalue weighted by atomic mass is 19.1. The van der Waals surface area contributed by atoms with E-state index in [4.69, 9.17) is 4.42 Å². The van der Waals surface area contributed by atoms with Gasteiger partial charge in [-0.15, -0.1) is 0 Å². The van der Waals surface area contributed by atoms with E-state index in [0.29, 0.717) is 35.0 Å². The summed E-state index contributed by atoms with van der Waals surface area (Å²) in [6.07, 6.45) is 3.02. The molecule has 0 aliphatic heterocycles. The number of H-pyrrole nitrogens is 1. The third-order valence-corrected chi connectivity index (χ3v) is 4.52. The molecule has 0 radical (unpaired) electrons. The van der Waals surface area contributed by atoms with Crippen LogP contribution in [0.3, 0.4) is 0 Å². The highest BCUT2D eigenvalue weighted by Gasteiger charge is 2.17. The summed E-state index contributed by atoms with van der Waals surface area (Å²) in [6, 6.07) is 12.2. The van der Waals surface area contributed by atoms with Crippen molar-refractivity contribution < 1.29 is 13.6 Å². The zero-order chi connectivity index (χ0) is 21.8. The summed E-state index contributed by atoms with van der Waals surface area (Å²) in [6.45, 7) is 1.99. The maximum atomic E-state index is 13.1. The van der Waals surface area contributed by atoms with Crippen LogP contribution in [0.1, 0.15) is 24.6 Å². The van der Waals surface area contributed by atoms with Crippen molar-refractivity contribution in [2.75, 3.05) is 5.32 Å². The number of aromatic amines is 1. The maximum absolute atomic E-state index is 13.1. The van der Waals surface area contributed by atoms with Crippen LogP contribution in [0.4, 0.5) is 10.2 Å². The van der Waals surface area contributed by atoms with Gasteiger partial charge in [-0.3, -0.25) is 14.6 Å². The van der Waals surface area contributed by atoms with Gasteiger partial charge in [0, 0.05) is 17.8 Å². The van der Waals surface area contributed by atoms with E-state index < -0.39 is 0 Å². The quantitative estimate of drug-likeness (QED) is 0.475. The zero-order valence-electron chi connectivity index (χ0n) is 16.8. The lowest BCUT2D eigenvalue weighted by atomic mass is 10.1. The molecule has 0 aliphatic rings.